The first-order valence-corrected chi connectivity index (χ1v) is 9.90. The maximum Gasteiger partial charge on any atom is 0.306 e. The summed E-state index contributed by atoms with van der Waals surface area (Å²) in [4.78, 5) is 28.1. The molecule has 128 valence electrons. The normalized spacial score (nSPS) is 32.1. The Morgan fingerprint density at radius 3 is 2.79 bits per heavy atom. The van der Waals surface area contributed by atoms with Crippen molar-refractivity contribution in [1.29, 1.82) is 0 Å². The Morgan fingerprint density at radius 2 is 1.96 bits per heavy atom. The van der Waals surface area contributed by atoms with Crippen LogP contribution in [0.2, 0.25) is 0 Å². The summed E-state index contributed by atoms with van der Waals surface area (Å²) in [5.74, 6) is 0.351. The molecule has 1 aromatic carbocycles. The Labute approximate surface area is 146 Å². The average Bonchev–Trinajstić information content (AvgIpc) is 3.09. The van der Waals surface area contributed by atoms with Crippen LogP contribution in [-0.4, -0.2) is 40.2 Å². The van der Waals surface area contributed by atoms with E-state index in [4.69, 9.17) is 0 Å². The lowest BCUT2D eigenvalue weighted by Gasteiger charge is -2.43. The van der Waals surface area contributed by atoms with Gasteiger partial charge in [0.2, 0.25) is 5.91 Å². The number of nitrogens with zero attached hydrogens (tertiary/aromatic N) is 1. The first kappa shape index (κ1) is 16.0. The smallest absolute Gasteiger partial charge is 0.306 e. The van der Waals surface area contributed by atoms with Crippen LogP contribution < -0.4 is 0 Å². The summed E-state index contributed by atoms with van der Waals surface area (Å²) in [5, 5.41) is 9.48. The zero-order valence-corrected chi connectivity index (χ0v) is 14.5. The van der Waals surface area contributed by atoms with E-state index in [9.17, 15) is 14.7 Å². The van der Waals surface area contributed by atoms with Gasteiger partial charge < -0.3 is 10.0 Å². The molecule has 4 atom stereocenters. The van der Waals surface area contributed by atoms with Crippen LogP contribution in [0.4, 0.5) is 0 Å². The fourth-order valence-electron chi connectivity index (χ4n) is 4.86. The SMILES string of the molecule is O=C(O)C1CCN(C(=O)C2CCSc3ccccc32)C2CCCC12. The van der Waals surface area contributed by atoms with Gasteiger partial charge in [-0.3, -0.25) is 9.59 Å². The third kappa shape index (κ3) is 2.63. The lowest BCUT2D eigenvalue weighted by Crippen LogP contribution is -2.52. The number of rotatable bonds is 2. The number of benzene rings is 1. The minimum Gasteiger partial charge on any atom is -0.481 e. The number of carboxylic acids is 1. The van der Waals surface area contributed by atoms with Crippen molar-refractivity contribution in [1.82, 2.24) is 4.90 Å². The van der Waals surface area contributed by atoms with E-state index in [-0.39, 0.29) is 29.7 Å². The summed E-state index contributed by atoms with van der Waals surface area (Å²) in [6.07, 6.45) is 4.44. The van der Waals surface area contributed by atoms with Crippen LogP contribution >= 0.6 is 11.8 Å². The number of carboxylic acid groups (broad SMARTS) is 1. The molecule has 0 aromatic heterocycles. The highest BCUT2D eigenvalue weighted by Crippen LogP contribution is 2.44. The van der Waals surface area contributed by atoms with Gasteiger partial charge in [-0.05, 0) is 49.0 Å². The summed E-state index contributed by atoms with van der Waals surface area (Å²) in [7, 11) is 0. The molecular formula is C19H23NO3S. The number of piperidine rings is 1. The number of thioether (sulfide) groups is 1. The third-order valence-electron chi connectivity index (χ3n) is 5.99. The fraction of sp³-hybridized carbons (Fsp3) is 0.579. The molecule has 24 heavy (non-hydrogen) atoms. The van der Waals surface area contributed by atoms with E-state index >= 15 is 0 Å². The number of carbonyl (C=O) groups is 2. The van der Waals surface area contributed by atoms with Crippen molar-refractivity contribution >= 4 is 23.6 Å². The molecule has 1 N–H and O–H groups in total. The van der Waals surface area contributed by atoms with Crippen LogP contribution in [-0.2, 0) is 9.59 Å². The van der Waals surface area contributed by atoms with Crippen molar-refractivity contribution in [2.75, 3.05) is 12.3 Å². The van der Waals surface area contributed by atoms with Crippen LogP contribution in [0.5, 0.6) is 0 Å². The summed E-state index contributed by atoms with van der Waals surface area (Å²) in [5.41, 5.74) is 1.16. The molecule has 1 saturated carbocycles. The van der Waals surface area contributed by atoms with Crippen LogP contribution in [0.15, 0.2) is 29.2 Å². The minimum absolute atomic E-state index is 0.0509. The van der Waals surface area contributed by atoms with Gasteiger partial charge in [0.15, 0.2) is 0 Å². The molecule has 4 unspecified atom stereocenters. The molecule has 1 saturated heterocycles. The second kappa shape index (κ2) is 6.43. The van der Waals surface area contributed by atoms with Crippen molar-refractivity contribution < 1.29 is 14.7 Å². The monoisotopic (exact) mass is 345 g/mol. The van der Waals surface area contributed by atoms with E-state index in [0.29, 0.717) is 13.0 Å². The summed E-state index contributed by atoms with van der Waals surface area (Å²) >= 11 is 1.83. The van der Waals surface area contributed by atoms with Gasteiger partial charge in [-0.25, -0.2) is 0 Å². The van der Waals surface area contributed by atoms with Crippen molar-refractivity contribution in [3.05, 3.63) is 29.8 Å². The largest absolute Gasteiger partial charge is 0.481 e. The fourth-order valence-corrected chi connectivity index (χ4v) is 5.99. The lowest BCUT2D eigenvalue weighted by atomic mass is 9.80. The predicted octanol–water partition coefficient (Wildman–Crippen LogP) is 3.37. The third-order valence-corrected chi connectivity index (χ3v) is 7.11. The van der Waals surface area contributed by atoms with Gasteiger partial charge in [0, 0.05) is 17.5 Å². The maximum absolute atomic E-state index is 13.3. The molecule has 0 radical (unpaired) electrons. The molecule has 1 amide bonds. The van der Waals surface area contributed by atoms with Crippen LogP contribution in [0, 0.1) is 11.8 Å². The van der Waals surface area contributed by atoms with Crippen LogP contribution in [0.3, 0.4) is 0 Å². The predicted molar refractivity (Wildman–Crippen MR) is 93.1 cm³/mol. The van der Waals surface area contributed by atoms with Gasteiger partial charge in [-0.15, -0.1) is 11.8 Å². The number of aliphatic carboxylic acids is 1. The molecule has 2 heterocycles. The van der Waals surface area contributed by atoms with E-state index in [1.807, 2.05) is 28.8 Å². The highest BCUT2D eigenvalue weighted by molar-refractivity contribution is 7.99. The number of hydrogen-bond donors (Lipinski definition) is 1. The summed E-state index contributed by atoms with van der Waals surface area (Å²) in [6.45, 7) is 0.600. The average molecular weight is 345 g/mol. The van der Waals surface area contributed by atoms with Crippen LogP contribution in [0.1, 0.15) is 43.6 Å². The zero-order chi connectivity index (χ0) is 16.7. The highest BCUT2D eigenvalue weighted by Gasteiger charge is 2.46. The van der Waals surface area contributed by atoms with Crippen molar-refractivity contribution in [3.8, 4) is 0 Å². The Hall–Kier alpha value is -1.49. The number of carbonyl (C=O) groups excluding carboxylic acids is 1. The van der Waals surface area contributed by atoms with E-state index in [1.165, 1.54) is 4.90 Å². The van der Waals surface area contributed by atoms with E-state index in [0.717, 1.165) is 37.0 Å². The van der Waals surface area contributed by atoms with Gasteiger partial charge >= 0.3 is 5.97 Å². The Bertz CT molecular complexity index is 662. The molecule has 1 aliphatic carbocycles. The minimum atomic E-state index is -0.682. The second-order valence-electron chi connectivity index (χ2n) is 7.15. The Kier molecular flexibility index (Phi) is 4.29. The molecule has 1 aromatic rings. The second-order valence-corrected chi connectivity index (χ2v) is 8.29. The lowest BCUT2D eigenvalue weighted by molar-refractivity contribution is -0.151. The van der Waals surface area contributed by atoms with Gasteiger partial charge in [0.25, 0.3) is 0 Å². The van der Waals surface area contributed by atoms with E-state index < -0.39 is 5.97 Å². The van der Waals surface area contributed by atoms with Crippen molar-refractivity contribution in [2.24, 2.45) is 11.8 Å². The standard InChI is InChI=1S/C19H23NO3S/c21-18(14-9-11-24-17-7-2-1-4-13(14)17)20-10-8-15(19(22)23)12-5-3-6-16(12)20/h1-2,4,7,12,14-16H,3,5-6,8-11H2,(H,22,23). The molecular weight excluding hydrogens is 322 g/mol. The van der Waals surface area contributed by atoms with E-state index in [1.54, 1.807) is 0 Å². The van der Waals surface area contributed by atoms with Crippen molar-refractivity contribution in [3.63, 3.8) is 0 Å². The van der Waals surface area contributed by atoms with Gasteiger partial charge in [0.05, 0.1) is 11.8 Å². The number of likely N-dealkylation sites (tertiary alicyclic amines) is 1. The number of amides is 1. The zero-order valence-electron chi connectivity index (χ0n) is 13.7. The van der Waals surface area contributed by atoms with E-state index in [2.05, 4.69) is 12.1 Å². The Balaban J connectivity index is 1.59. The Morgan fingerprint density at radius 1 is 1.12 bits per heavy atom. The quantitative estimate of drug-likeness (QED) is 0.893. The molecule has 4 nitrogen and oxygen atoms in total. The van der Waals surface area contributed by atoms with Crippen molar-refractivity contribution in [2.45, 2.75) is 49.0 Å². The summed E-state index contributed by atoms with van der Waals surface area (Å²) in [6, 6.07) is 8.37. The number of hydrogen-bond acceptors (Lipinski definition) is 3. The first-order valence-electron chi connectivity index (χ1n) is 8.92. The molecule has 5 heteroatoms. The molecule has 4 rings (SSSR count). The number of fused-ring (bicyclic) bond motifs is 2. The first-order chi connectivity index (χ1) is 11.7. The topological polar surface area (TPSA) is 57.6 Å². The maximum atomic E-state index is 13.3. The molecule has 0 bridgehead atoms. The van der Waals surface area contributed by atoms with Gasteiger partial charge in [0.1, 0.15) is 0 Å². The van der Waals surface area contributed by atoms with Crippen LogP contribution in [0.25, 0.3) is 0 Å². The highest BCUT2D eigenvalue weighted by atomic mass is 32.2. The van der Waals surface area contributed by atoms with Gasteiger partial charge in [-0.2, -0.15) is 0 Å². The van der Waals surface area contributed by atoms with Gasteiger partial charge in [-0.1, -0.05) is 24.6 Å². The molecule has 3 aliphatic rings. The molecule has 2 aliphatic heterocycles. The molecule has 2 fully saturated rings. The molecule has 0 spiro atoms. The summed E-state index contributed by atoms with van der Waals surface area (Å²) < 4.78 is 0.